The Balaban J connectivity index is 0.000000318. The monoisotopic (exact) mass is 258 g/mol. The van der Waals surface area contributed by atoms with Crippen molar-refractivity contribution in [1.29, 1.82) is 0 Å². The molecule has 0 saturated heterocycles. The smallest absolute Gasteiger partial charge is 0.0374 e. The van der Waals surface area contributed by atoms with Crippen LogP contribution < -0.4 is 0 Å². The van der Waals surface area contributed by atoms with Gasteiger partial charge in [-0.15, -0.1) is 5.56 Å². The summed E-state index contributed by atoms with van der Waals surface area (Å²) in [5.41, 5.74) is 1.02. The van der Waals surface area contributed by atoms with E-state index in [-0.39, 0.29) is 23.2 Å². The molecule has 0 amide bonds. The third-order valence-corrected chi connectivity index (χ3v) is 2.22. The third kappa shape index (κ3) is 5.31. The summed E-state index contributed by atoms with van der Waals surface area (Å²) >= 11 is 0. The number of aliphatic hydroxyl groups is 1. The van der Waals surface area contributed by atoms with Gasteiger partial charge in [0.2, 0.25) is 0 Å². The van der Waals surface area contributed by atoms with Crippen LogP contribution in [0.1, 0.15) is 25.5 Å². The molecule has 0 fully saturated rings. The molecular weight excluding hydrogens is 240 g/mol. The van der Waals surface area contributed by atoms with E-state index in [4.69, 9.17) is 0 Å². The van der Waals surface area contributed by atoms with Gasteiger partial charge < -0.3 is 35.4 Å². The molecule has 0 heterocycles. The van der Waals surface area contributed by atoms with E-state index in [2.05, 4.69) is 0 Å². The predicted molar refractivity (Wildman–Crippen MR) is 63.9 cm³/mol. The van der Waals surface area contributed by atoms with Crippen LogP contribution in [-0.4, -0.2) is 5.11 Å². The molecule has 0 saturated carbocycles. The van der Waals surface area contributed by atoms with E-state index < -0.39 is 0 Å². The summed E-state index contributed by atoms with van der Waals surface area (Å²) in [4.78, 5) is 0. The van der Waals surface area contributed by atoms with Gasteiger partial charge in [0.15, 0.2) is 0 Å². The van der Waals surface area contributed by atoms with Gasteiger partial charge in [0.25, 0.3) is 0 Å². The first-order valence-corrected chi connectivity index (χ1v) is 5.28. The van der Waals surface area contributed by atoms with Crippen molar-refractivity contribution in [2.45, 2.75) is 20.0 Å². The van der Waals surface area contributed by atoms with Gasteiger partial charge in [-0.3, -0.25) is 0 Å². The van der Waals surface area contributed by atoms with Gasteiger partial charge in [0.05, 0.1) is 0 Å². The third-order valence-electron chi connectivity index (χ3n) is 2.22. The molecule has 1 unspecified atom stereocenters. The normalized spacial score (nSPS) is 11.2. The maximum absolute atomic E-state index is 9.49. The molecule has 16 heavy (non-hydrogen) atoms. The Morgan fingerprint density at radius 2 is 1.31 bits per heavy atom. The van der Waals surface area contributed by atoms with Crippen LogP contribution in [0.2, 0.25) is 0 Å². The molecule has 2 rings (SSSR count). The van der Waals surface area contributed by atoms with Crippen molar-refractivity contribution in [3.63, 3.8) is 0 Å². The van der Waals surface area contributed by atoms with Crippen molar-refractivity contribution >= 4 is 0 Å². The molecule has 2 aromatic rings. The topological polar surface area (TPSA) is 20.2 Å². The Bertz CT molecular complexity index is 304. The van der Waals surface area contributed by atoms with Crippen LogP contribution in [0.15, 0.2) is 54.6 Å². The molecular formula is C14H18FeO-6. The largest absolute Gasteiger partial charge is 0.748 e. The van der Waals surface area contributed by atoms with Gasteiger partial charge in [-0.25, -0.2) is 12.1 Å². The van der Waals surface area contributed by atoms with Gasteiger partial charge in [-0.1, -0.05) is 13.8 Å². The molecule has 1 nitrogen and oxygen atoms in total. The summed E-state index contributed by atoms with van der Waals surface area (Å²) in [6.07, 6.45) is -0.296. The van der Waals surface area contributed by atoms with Crippen molar-refractivity contribution in [2.24, 2.45) is 5.92 Å². The van der Waals surface area contributed by atoms with Crippen LogP contribution >= 0.6 is 0 Å². The molecule has 1 atom stereocenters. The Morgan fingerprint density at radius 3 is 1.62 bits per heavy atom. The quantitative estimate of drug-likeness (QED) is 0.645. The average molecular weight is 258 g/mol. The minimum atomic E-state index is -0.296. The molecule has 0 spiro atoms. The van der Waals surface area contributed by atoms with Crippen molar-refractivity contribution in [1.82, 2.24) is 0 Å². The van der Waals surface area contributed by atoms with Gasteiger partial charge in [-0.2, -0.15) is 12.1 Å². The van der Waals surface area contributed by atoms with Gasteiger partial charge >= 0.3 is 0 Å². The second-order valence-electron chi connectivity index (χ2n) is 3.87. The fraction of sp³-hybridized carbons (Fsp3) is 0.286. The predicted octanol–water partition coefficient (Wildman–Crippen LogP) is 3.50. The second kappa shape index (κ2) is 8.35. The maximum atomic E-state index is 9.49. The van der Waals surface area contributed by atoms with E-state index in [1.54, 1.807) is 0 Å². The van der Waals surface area contributed by atoms with E-state index in [0.717, 1.165) is 5.56 Å². The second-order valence-corrected chi connectivity index (χ2v) is 3.87. The SMILES string of the molecule is CC(C)C(O)[c-]1cccc1.[Fe].[cH-]1[cH-][cH-][cH-][cH-]1. The van der Waals surface area contributed by atoms with Crippen LogP contribution in [0.3, 0.4) is 0 Å². The molecule has 2 aromatic carbocycles. The van der Waals surface area contributed by atoms with Crippen molar-refractivity contribution < 1.29 is 22.2 Å². The average Bonchev–Trinajstić information content (AvgIpc) is 2.92. The van der Waals surface area contributed by atoms with E-state index in [1.165, 1.54) is 0 Å². The van der Waals surface area contributed by atoms with Crippen molar-refractivity contribution in [3.8, 4) is 0 Å². The molecule has 0 aliphatic heterocycles. The number of hydrogen-bond acceptors (Lipinski definition) is 1. The fourth-order valence-electron chi connectivity index (χ4n) is 1.29. The summed E-state index contributed by atoms with van der Waals surface area (Å²) in [5, 5.41) is 9.49. The van der Waals surface area contributed by atoms with E-state index in [1.807, 2.05) is 68.4 Å². The van der Waals surface area contributed by atoms with Crippen LogP contribution in [0.4, 0.5) is 0 Å². The molecule has 0 aliphatic carbocycles. The molecule has 1 N–H and O–H groups in total. The van der Waals surface area contributed by atoms with Crippen molar-refractivity contribution in [3.05, 3.63) is 60.2 Å². The van der Waals surface area contributed by atoms with Gasteiger partial charge in [0.1, 0.15) is 0 Å². The van der Waals surface area contributed by atoms with Crippen LogP contribution in [0, 0.1) is 5.92 Å². The Hall–Kier alpha value is -0.821. The van der Waals surface area contributed by atoms with Gasteiger partial charge in [-0.05, 0) is 5.92 Å². The molecule has 0 aliphatic rings. The zero-order valence-electron chi connectivity index (χ0n) is 9.65. The van der Waals surface area contributed by atoms with E-state index in [0.29, 0.717) is 5.92 Å². The summed E-state index contributed by atoms with van der Waals surface area (Å²) in [7, 11) is 0. The van der Waals surface area contributed by atoms with Crippen LogP contribution in [0.5, 0.6) is 0 Å². The van der Waals surface area contributed by atoms with Gasteiger partial charge in [0, 0.05) is 23.2 Å². The first-order chi connectivity index (χ1) is 7.22. The van der Waals surface area contributed by atoms with Crippen LogP contribution in [0.25, 0.3) is 0 Å². The molecule has 0 aromatic heterocycles. The summed E-state index contributed by atoms with van der Waals surface area (Å²) in [5.74, 6) is 0.308. The number of aliphatic hydroxyl groups excluding tert-OH is 1. The molecule has 0 radical (unpaired) electrons. The fourth-order valence-corrected chi connectivity index (χ4v) is 1.29. The zero-order chi connectivity index (χ0) is 11.1. The zero-order valence-corrected chi connectivity index (χ0v) is 10.8. The van der Waals surface area contributed by atoms with E-state index >= 15 is 0 Å². The van der Waals surface area contributed by atoms with Crippen molar-refractivity contribution in [2.75, 3.05) is 0 Å². The number of rotatable bonds is 2. The summed E-state index contributed by atoms with van der Waals surface area (Å²) in [6, 6.07) is 17.8. The molecule has 0 bridgehead atoms. The van der Waals surface area contributed by atoms with Crippen LogP contribution in [-0.2, 0) is 17.1 Å². The Morgan fingerprint density at radius 1 is 0.938 bits per heavy atom. The Labute approximate surface area is 108 Å². The Kier molecular flexibility index (Phi) is 7.92. The minimum Gasteiger partial charge on any atom is -0.748 e. The molecule has 2 heteroatoms. The standard InChI is InChI=1S/C9H13O.C5H5.Fe/c1-7(2)9(10)8-5-3-4-6-8;1-2-4-5-3-1;/h3-7,9-10H,1-2H3;1-5H;/q-1;-5;. The number of hydrogen-bond donors (Lipinski definition) is 1. The maximum Gasteiger partial charge on any atom is 0.0374 e. The van der Waals surface area contributed by atoms with E-state index in [9.17, 15) is 5.11 Å². The first-order valence-electron chi connectivity index (χ1n) is 5.28. The molecule has 94 valence electrons. The summed E-state index contributed by atoms with van der Waals surface area (Å²) < 4.78 is 0. The minimum absolute atomic E-state index is 0. The summed E-state index contributed by atoms with van der Waals surface area (Å²) in [6.45, 7) is 4.02. The first kappa shape index (κ1) is 15.2.